The normalized spacial score (nSPS) is 14.5. The lowest BCUT2D eigenvalue weighted by molar-refractivity contribution is 0.0708. The standard InChI is InChI=1S/C22H17ClFN5O3S/c23-13-3-1-4-14(24)18(13)22(31)29-9-7-12(8-10-29)21-26-17(11-33-21)20(30)25-15-5-2-6-16-19(15)28-32-27-16/h1-6,11-12H,7-10H2,(H,25,30). The van der Waals surface area contributed by atoms with E-state index in [-0.39, 0.29) is 22.4 Å². The van der Waals surface area contributed by atoms with Gasteiger partial charge in [0, 0.05) is 24.4 Å². The molecule has 1 aliphatic rings. The summed E-state index contributed by atoms with van der Waals surface area (Å²) in [5, 5.41) is 13.0. The Morgan fingerprint density at radius 2 is 1.94 bits per heavy atom. The molecule has 2 aromatic heterocycles. The fraction of sp³-hybridized carbons (Fsp3) is 0.227. The van der Waals surface area contributed by atoms with Gasteiger partial charge in [-0.15, -0.1) is 11.3 Å². The molecule has 0 bridgehead atoms. The number of hydrogen-bond acceptors (Lipinski definition) is 7. The van der Waals surface area contributed by atoms with Gasteiger partial charge >= 0.3 is 0 Å². The molecule has 2 amide bonds. The van der Waals surface area contributed by atoms with E-state index in [4.69, 9.17) is 16.2 Å². The predicted octanol–water partition coefficient (Wildman–Crippen LogP) is 4.74. The van der Waals surface area contributed by atoms with Crippen molar-refractivity contribution < 1.29 is 18.6 Å². The van der Waals surface area contributed by atoms with E-state index in [2.05, 4.69) is 20.6 Å². The Morgan fingerprint density at radius 1 is 1.15 bits per heavy atom. The molecule has 0 atom stereocenters. The molecule has 2 aromatic carbocycles. The number of nitrogens with one attached hydrogen (secondary N) is 1. The summed E-state index contributed by atoms with van der Waals surface area (Å²) in [5.74, 6) is -1.27. The summed E-state index contributed by atoms with van der Waals surface area (Å²) in [6.45, 7) is 0.910. The van der Waals surface area contributed by atoms with Gasteiger partial charge in [0.2, 0.25) is 0 Å². The van der Waals surface area contributed by atoms with Crippen LogP contribution in [0.5, 0.6) is 0 Å². The molecule has 1 saturated heterocycles. The third-order valence-electron chi connectivity index (χ3n) is 5.60. The second kappa shape index (κ2) is 8.87. The Kier molecular flexibility index (Phi) is 5.77. The summed E-state index contributed by atoms with van der Waals surface area (Å²) in [5.41, 5.74) is 1.72. The van der Waals surface area contributed by atoms with Crippen molar-refractivity contribution in [1.82, 2.24) is 20.2 Å². The minimum atomic E-state index is -0.623. The van der Waals surface area contributed by atoms with E-state index in [0.29, 0.717) is 48.3 Å². The number of nitrogens with zero attached hydrogens (tertiary/aromatic N) is 4. The van der Waals surface area contributed by atoms with E-state index in [9.17, 15) is 14.0 Å². The van der Waals surface area contributed by atoms with E-state index in [0.717, 1.165) is 5.01 Å². The summed E-state index contributed by atoms with van der Waals surface area (Å²) >= 11 is 7.45. The Labute approximate surface area is 196 Å². The van der Waals surface area contributed by atoms with Crippen LogP contribution < -0.4 is 5.32 Å². The van der Waals surface area contributed by atoms with Crippen molar-refractivity contribution in [2.24, 2.45) is 0 Å². The molecule has 4 aromatic rings. The van der Waals surface area contributed by atoms with E-state index >= 15 is 0 Å². The van der Waals surface area contributed by atoms with Gasteiger partial charge in [-0.2, -0.15) is 0 Å². The third-order valence-corrected chi connectivity index (χ3v) is 6.92. The maximum Gasteiger partial charge on any atom is 0.275 e. The van der Waals surface area contributed by atoms with Crippen molar-refractivity contribution in [3.63, 3.8) is 0 Å². The molecule has 1 fully saturated rings. The summed E-state index contributed by atoms with van der Waals surface area (Å²) < 4.78 is 18.8. The van der Waals surface area contributed by atoms with Gasteiger partial charge in [0.1, 0.15) is 17.0 Å². The summed E-state index contributed by atoms with van der Waals surface area (Å²) in [6.07, 6.45) is 1.33. The van der Waals surface area contributed by atoms with Gasteiger partial charge in [-0.05, 0) is 47.4 Å². The molecule has 1 aliphatic heterocycles. The number of aromatic nitrogens is 3. The number of fused-ring (bicyclic) bond motifs is 1. The van der Waals surface area contributed by atoms with Crippen molar-refractivity contribution >= 4 is 51.5 Å². The maximum atomic E-state index is 14.1. The Hall–Kier alpha value is -3.37. The highest BCUT2D eigenvalue weighted by molar-refractivity contribution is 7.10. The zero-order chi connectivity index (χ0) is 22.9. The number of piperidine rings is 1. The fourth-order valence-electron chi connectivity index (χ4n) is 3.86. The molecule has 0 radical (unpaired) electrons. The van der Waals surface area contributed by atoms with Crippen molar-refractivity contribution in [3.8, 4) is 0 Å². The van der Waals surface area contributed by atoms with Crippen LogP contribution in [0.15, 0.2) is 46.4 Å². The molecule has 0 saturated carbocycles. The topological polar surface area (TPSA) is 101 Å². The van der Waals surface area contributed by atoms with Crippen molar-refractivity contribution in [2.45, 2.75) is 18.8 Å². The molecular formula is C22H17ClFN5O3S. The van der Waals surface area contributed by atoms with Crippen LogP contribution in [0.25, 0.3) is 11.0 Å². The Bertz CT molecular complexity index is 1330. The molecule has 0 unspecified atom stereocenters. The molecule has 8 nitrogen and oxygen atoms in total. The van der Waals surface area contributed by atoms with Crippen LogP contribution in [-0.2, 0) is 0 Å². The van der Waals surface area contributed by atoms with E-state index in [1.54, 1.807) is 28.5 Å². The predicted molar refractivity (Wildman–Crippen MR) is 121 cm³/mol. The lowest BCUT2D eigenvalue weighted by Crippen LogP contribution is -2.38. The third kappa shape index (κ3) is 4.19. The first-order valence-electron chi connectivity index (χ1n) is 10.2. The summed E-state index contributed by atoms with van der Waals surface area (Å²) in [7, 11) is 0. The molecule has 3 heterocycles. The maximum absolute atomic E-state index is 14.1. The highest BCUT2D eigenvalue weighted by Crippen LogP contribution is 2.32. The summed E-state index contributed by atoms with van der Waals surface area (Å²) in [6, 6.07) is 9.41. The Balaban J connectivity index is 1.23. The van der Waals surface area contributed by atoms with Crippen LogP contribution in [0.2, 0.25) is 5.02 Å². The van der Waals surface area contributed by atoms with Gasteiger partial charge in [-0.25, -0.2) is 14.0 Å². The van der Waals surface area contributed by atoms with Gasteiger partial charge in [-0.3, -0.25) is 9.59 Å². The Morgan fingerprint density at radius 3 is 2.73 bits per heavy atom. The number of carbonyl (C=O) groups is 2. The monoisotopic (exact) mass is 485 g/mol. The molecule has 0 spiro atoms. The van der Waals surface area contributed by atoms with Crippen LogP contribution in [0.1, 0.15) is 44.6 Å². The first-order valence-corrected chi connectivity index (χ1v) is 11.5. The number of thiazole rings is 1. The van der Waals surface area contributed by atoms with E-state index in [1.165, 1.54) is 29.5 Å². The zero-order valence-corrected chi connectivity index (χ0v) is 18.7. The molecule has 168 valence electrons. The number of anilines is 1. The van der Waals surface area contributed by atoms with Crippen LogP contribution in [0.3, 0.4) is 0 Å². The number of carbonyl (C=O) groups excluding carboxylic acids is 2. The van der Waals surface area contributed by atoms with Crippen LogP contribution in [-0.4, -0.2) is 45.1 Å². The average molecular weight is 486 g/mol. The number of halogens is 2. The van der Waals surface area contributed by atoms with Gasteiger partial charge in [0.25, 0.3) is 11.8 Å². The van der Waals surface area contributed by atoms with Crippen molar-refractivity contribution in [1.29, 1.82) is 0 Å². The quantitative estimate of drug-likeness (QED) is 0.448. The van der Waals surface area contributed by atoms with Gasteiger partial charge in [0.15, 0.2) is 5.52 Å². The first-order chi connectivity index (χ1) is 16.0. The van der Waals surface area contributed by atoms with E-state index in [1.807, 2.05) is 0 Å². The molecule has 0 aliphatic carbocycles. The van der Waals surface area contributed by atoms with Gasteiger partial charge < -0.3 is 10.2 Å². The van der Waals surface area contributed by atoms with Crippen LogP contribution in [0, 0.1) is 5.82 Å². The summed E-state index contributed by atoms with van der Waals surface area (Å²) in [4.78, 5) is 31.6. The van der Waals surface area contributed by atoms with Gasteiger partial charge in [0.05, 0.1) is 21.3 Å². The minimum Gasteiger partial charge on any atom is -0.338 e. The second-order valence-corrected chi connectivity index (χ2v) is 8.92. The molecule has 11 heteroatoms. The smallest absolute Gasteiger partial charge is 0.275 e. The largest absolute Gasteiger partial charge is 0.338 e. The first kappa shape index (κ1) is 21.5. The molecular weight excluding hydrogens is 469 g/mol. The SMILES string of the molecule is O=C(Nc1cccc2nonc12)c1csc(C2CCN(C(=O)c3c(F)cccc3Cl)CC2)n1. The number of likely N-dealkylation sites (tertiary alicyclic amines) is 1. The zero-order valence-electron chi connectivity index (χ0n) is 17.1. The van der Waals surface area contributed by atoms with Crippen LogP contribution in [0.4, 0.5) is 10.1 Å². The molecule has 33 heavy (non-hydrogen) atoms. The highest BCUT2D eigenvalue weighted by Gasteiger charge is 2.29. The lowest BCUT2D eigenvalue weighted by atomic mass is 9.97. The van der Waals surface area contributed by atoms with Crippen LogP contribution >= 0.6 is 22.9 Å². The highest BCUT2D eigenvalue weighted by atomic mass is 35.5. The number of benzene rings is 2. The number of hydrogen-bond donors (Lipinski definition) is 1. The lowest BCUT2D eigenvalue weighted by Gasteiger charge is -2.31. The average Bonchev–Trinajstić information content (AvgIpc) is 3.50. The molecule has 5 rings (SSSR count). The second-order valence-electron chi connectivity index (χ2n) is 7.63. The molecule has 1 N–H and O–H groups in total. The minimum absolute atomic E-state index is 0.0943. The van der Waals surface area contributed by atoms with Gasteiger partial charge in [-0.1, -0.05) is 23.7 Å². The van der Waals surface area contributed by atoms with E-state index < -0.39 is 11.7 Å². The number of rotatable bonds is 4. The van der Waals surface area contributed by atoms with Crippen molar-refractivity contribution in [2.75, 3.05) is 18.4 Å². The number of amides is 2. The fourth-order valence-corrected chi connectivity index (χ4v) is 5.08. The van der Waals surface area contributed by atoms with Crippen molar-refractivity contribution in [3.05, 3.63) is 68.9 Å².